The van der Waals surface area contributed by atoms with Crippen LogP contribution in [0.5, 0.6) is 0 Å². The summed E-state index contributed by atoms with van der Waals surface area (Å²) in [6, 6.07) is 0. The van der Waals surface area contributed by atoms with Crippen LogP contribution in [-0.2, 0) is 0 Å². The summed E-state index contributed by atoms with van der Waals surface area (Å²) in [7, 11) is 9.19. The van der Waals surface area contributed by atoms with Crippen molar-refractivity contribution in [2.75, 3.05) is 47.9 Å². The van der Waals surface area contributed by atoms with Gasteiger partial charge in [0.1, 0.15) is 13.1 Å². The van der Waals surface area contributed by atoms with E-state index < -0.39 is 0 Å². The Bertz CT molecular complexity index is 102. The largest absolute Gasteiger partial charge is 0.277 e. The van der Waals surface area contributed by atoms with Crippen LogP contribution in [0.1, 0.15) is 0 Å². The number of quaternary nitrogens is 2. The van der Waals surface area contributed by atoms with E-state index in [1.54, 1.807) is 0 Å². The highest BCUT2D eigenvalue weighted by molar-refractivity contribution is 4.37. The molecular formula is C7H18N2+2. The molecule has 1 rings (SSSR count). The van der Waals surface area contributed by atoms with E-state index in [1.165, 1.54) is 28.7 Å². The first-order valence-electron chi connectivity index (χ1n) is 3.55. The zero-order valence-corrected chi connectivity index (χ0v) is 7.02. The Hall–Kier alpha value is -0.0800. The van der Waals surface area contributed by atoms with E-state index >= 15 is 0 Å². The van der Waals surface area contributed by atoms with E-state index in [4.69, 9.17) is 0 Å². The summed E-state index contributed by atoms with van der Waals surface area (Å²) in [4.78, 5) is 0. The van der Waals surface area contributed by atoms with Crippen LogP contribution in [0.15, 0.2) is 0 Å². The van der Waals surface area contributed by atoms with Crippen LogP contribution in [0.25, 0.3) is 0 Å². The lowest BCUT2D eigenvalue weighted by atomic mass is 10.5. The first kappa shape index (κ1) is 7.03. The maximum absolute atomic E-state index is 2.30. The summed E-state index contributed by atoms with van der Waals surface area (Å²) in [5.74, 6) is 0. The van der Waals surface area contributed by atoms with Gasteiger partial charge >= 0.3 is 0 Å². The fraction of sp³-hybridized carbons (Fsp3) is 1.00. The number of hydrogen-bond donors (Lipinski definition) is 0. The van der Waals surface area contributed by atoms with Crippen LogP contribution < -0.4 is 0 Å². The fourth-order valence-corrected chi connectivity index (χ4v) is 1.72. The third-order valence-corrected chi connectivity index (χ3v) is 2.08. The van der Waals surface area contributed by atoms with Crippen molar-refractivity contribution in [3.05, 3.63) is 0 Å². The van der Waals surface area contributed by atoms with Crippen molar-refractivity contribution in [1.82, 2.24) is 0 Å². The molecule has 0 atom stereocenters. The molecule has 2 heteroatoms. The van der Waals surface area contributed by atoms with E-state index in [1.807, 2.05) is 0 Å². The van der Waals surface area contributed by atoms with Gasteiger partial charge in [-0.3, -0.25) is 8.97 Å². The highest BCUT2D eigenvalue weighted by atomic mass is 15.5. The van der Waals surface area contributed by atoms with Gasteiger partial charge in [0.25, 0.3) is 0 Å². The highest BCUT2D eigenvalue weighted by Gasteiger charge is 2.36. The Kier molecular flexibility index (Phi) is 1.33. The van der Waals surface area contributed by atoms with E-state index in [9.17, 15) is 0 Å². The van der Waals surface area contributed by atoms with Gasteiger partial charge in [0, 0.05) is 0 Å². The second-order valence-corrected chi connectivity index (χ2v) is 4.46. The molecule has 0 aromatic carbocycles. The average Bonchev–Trinajstić information content (AvgIpc) is 1.78. The molecule has 1 heterocycles. The lowest BCUT2D eigenvalue weighted by Crippen LogP contribution is -2.44. The third kappa shape index (κ3) is 1.66. The fourth-order valence-electron chi connectivity index (χ4n) is 1.72. The molecule has 0 aromatic rings. The van der Waals surface area contributed by atoms with Gasteiger partial charge in [-0.15, -0.1) is 0 Å². The first-order chi connectivity index (χ1) is 3.91. The van der Waals surface area contributed by atoms with Crippen LogP contribution in [0.2, 0.25) is 0 Å². The lowest BCUT2D eigenvalue weighted by molar-refractivity contribution is -1.01. The van der Waals surface area contributed by atoms with Gasteiger partial charge in [-0.2, -0.15) is 0 Å². The second kappa shape index (κ2) is 1.70. The zero-order valence-electron chi connectivity index (χ0n) is 7.02. The van der Waals surface area contributed by atoms with Gasteiger partial charge in [0.15, 0.2) is 0 Å². The molecule has 0 saturated carbocycles. The van der Waals surface area contributed by atoms with Gasteiger partial charge in [-0.25, -0.2) is 0 Å². The minimum absolute atomic E-state index is 1.19. The standard InChI is InChI=1S/C7H18N2/c1-8(2)5-6-9(3,4)7-8/h5-7H2,1-4H3/q+2. The molecule has 0 N–H and O–H groups in total. The van der Waals surface area contributed by atoms with Gasteiger partial charge in [-0.05, 0) is 0 Å². The summed E-state index contributed by atoms with van der Waals surface area (Å²) in [6.07, 6.45) is 0. The Balaban J connectivity index is 2.58. The topological polar surface area (TPSA) is 0 Å². The molecule has 0 amide bonds. The quantitative estimate of drug-likeness (QED) is 0.408. The predicted molar refractivity (Wildman–Crippen MR) is 38.8 cm³/mol. The number of nitrogens with zero attached hydrogens (tertiary/aromatic N) is 2. The summed E-state index contributed by atoms with van der Waals surface area (Å²) in [5, 5.41) is 0. The van der Waals surface area contributed by atoms with Gasteiger partial charge in [0.2, 0.25) is 6.67 Å². The first-order valence-corrected chi connectivity index (χ1v) is 3.55. The molecule has 0 radical (unpaired) electrons. The predicted octanol–water partition coefficient (Wildman–Crippen LogP) is 0.110. The Morgan fingerprint density at radius 1 is 0.778 bits per heavy atom. The number of likely N-dealkylation sites (N-methyl/N-ethyl adjacent to an activating group) is 2. The van der Waals surface area contributed by atoms with Crippen LogP contribution in [-0.4, -0.2) is 56.9 Å². The van der Waals surface area contributed by atoms with E-state index in [0.717, 1.165) is 0 Å². The maximum atomic E-state index is 2.30. The van der Waals surface area contributed by atoms with Crippen LogP contribution in [0, 0.1) is 0 Å². The van der Waals surface area contributed by atoms with Crippen LogP contribution >= 0.6 is 0 Å². The maximum Gasteiger partial charge on any atom is 0.207 e. The van der Waals surface area contributed by atoms with Gasteiger partial charge < -0.3 is 0 Å². The Morgan fingerprint density at radius 3 is 1.22 bits per heavy atom. The van der Waals surface area contributed by atoms with Crippen molar-refractivity contribution in [3.8, 4) is 0 Å². The molecule has 0 aliphatic carbocycles. The minimum Gasteiger partial charge on any atom is -0.277 e. The van der Waals surface area contributed by atoms with Crippen molar-refractivity contribution < 1.29 is 8.97 Å². The molecule has 54 valence electrons. The summed E-state index contributed by atoms with van der Waals surface area (Å²) >= 11 is 0. The van der Waals surface area contributed by atoms with Crippen LogP contribution in [0.4, 0.5) is 0 Å². The third-order valence-electron chi connectivity index (χ3n) is 2.08. The molecule has 0 unspecified atom stereocenters. The smallest absolute Gasteiger partial charge is 0.207 e. The molecular weight excluding hydrogens is 112 g/mol. The highest BCUT2D eigenvalue weighted by Crippen LogP contribution is 2.13. The Labute approximate surface area is 57.9 Å². The van der Waals surface area contributed by atoms with Gasteiger partial charge in [0.05, 0.1) is 28.2 Å². The molecule has 9 heavy (non-hydrogen) atoms. The summed E-state index contributed by atoms with van der Waals surface area (Å²) in [6.45, 7) is 3.93. The number of hydrogen-bond acceptors (Lipinski definition) is 0. The SMILES string of the molecule is C[N+]1(C)CC[N+](C)(C)C1. The number of rotatable bonds is 0. The summed E-state index contributed by atoms with van der Waals surface area (Å²) in [5.41, 5.74) is 0. The zero-order chi connectivity index (χ0) is 7.12. The second-order valence-electron chi connectivity index (χ2n) is 4.46. The van der Waals surface area contributed by atoms with Crippen molar-refractivity contribution in [1.29, 1.82) is 0 Å². The van der Waals surface area contributed by atoms with E-state index in [2.05, 4.69) is 28.2 Å². The normalized spacial score (nSPS) is 30.7. The molecule has 0 bridgehead atoms. The monoisotopic (exact) mass is 130 g/mol. The Morgan fingerprint density at radius 2 is 1.11 bits per heavy atom. The molecule has 0 aromatic heterocycles. The molecule has 1 aliphatic heterocycles. The molecule has 1 saturated heterocycles. The lowest BCUT2D eigenvalue weighted by Gasteiger charge is -2.25. The van der Waals surface area contributed by atoms with Crippen molar-refractivity contribution >= 4 is 0 Å². The average molecular weight is 130 g/mol. The van der Waals surface area contributed by atoms with Crippen LogP contribution in [0.3, 0.4) is 0 Å². The minimum atomic E-state index is 1.19. The van der Waals surface area contributed by atoms with Gasteiger partial charge in [-0.1, -0.05) is 0 Å². The summed E-state index contributed by atoms with van der Waals surface area (Å²) < 4.78 is 2.38. The van der Waals surface area contributed by atoms with E-state index in [-0.39, 0.29) is 0 Å². The molecule has 2 nitrogen and oxygen atoms in total. The molecule has 1 aliphatic rings. The molecule has 1 fully saturated rings. The van der Waals surface area contributed by atoms with E-state index in [0.29, 0.717) is 0 Å². The molecule has 0 spiro atoms. The van der Waals surface area contributed by atoms with Crippen molar-refractivity contribution in [2.24, 2.45) is 0 Å². The van der Waals surface area contributed by atoms with Crippen molar-refractivity contribution in [2.45, 2.75) is 0 Å². The van der Waals surface area contributed by atoms with Crippen molar-refractivity contribution in [3.63, 3.8) is 0 Å².